The van der Waals surface area contributed by atoms with Gasteiger partial charge >= 0.3 is 12.1 Å². The van der Waals surface area contributed by atoms with Crippen LogP contribution in [0.4, 0.5) is 13.2 Å². The Balaban J connectivity index is 0.000000423. The van der Waals surface area contributed by atoms with Crippen LogP contribution in [0.3, 0.4) is 0 Å². The van der Waals surface area contributed by atoms with Gasteiger partial charge in [0.15, 0.2) is 0 Å². The van der Waals surface area contributed by atoms with Crippen LogP contribution < -0.4 is 4.72 Å². The van der Waals surface area contributed by atoms with E-state index in [1.807, 2.05) is 17.5 Å². The van der Waals surface area contributed by atoms with E-state index in [1.165, 1.54) is 15.4 Å². The zero-order valence-electron chi connectivity index (χ0n) is 17.1. The van der Waals surface area contributed by atoms with Crippen LogP contribution in [0.5, 0.6) is 0 Å². The van der Waals surface area contributed by atoms with Crippen LogP contribution in [-0.4, -0.2) is 59.2 Å². The molecule has 0 aliphatic carbocycles. The molecular formula is C18H25F3N4O4S2. The first-order valence-corrected chi connectivity index (χ1v) is 12.0. The quantitative estimate of drug-likeness (QED) is 0.629. The number of aryl methyl sites for hydroxylation is 1. The number of carbonyl (C=O) groups is 1. The minimum Gasteiger partial charge on any atom is -0.475 e. The van der Waals surface area contributed by atoms with Crippen LogP contribution in [-0.2, 0) is 27.9 Å². The summed E-state index contributed by atoms with van der Waals surface area (Å²) in [5.41, 5.74) is 1.19. The first-order chi connectivity index (χ1) is 14.4. The van der Waals surface area contributed by atoms with Crippen LogP contribution in [0.15, 0.2) is 24.4 Å². The Morgan fingerprint density at radius 2 is 2.03 bits per heavy atom. The van der Waals surface area contributed by atoms with Gasteiger partial charge in [0.25, 0.3) is 0 Å². The number of carboxylic acids is 1. The highest BCUT2D eigenvalue weighted by atomic mass is 32.2. The number of carboxylic acid groups (broad SMARTS) is 1. The highest BCUT2D eigenvalue weighted by Crippen LogP contribution is 2.26. The molecule has 8 nitrogen and oxygen atoms in total. The fourth-order valence-corrected chi connectivity index (χ4v) is 4.64. The molecule has 13 heteroatoms. The summed E-state index contributed by atoms with van der Waals surface area (Å²) in [7, 11) is -3.14. The standard InChI is InChI=1S/C16H24N4O2S2.C2HF3O2/c1-3-24(21,22)18-9-7-15-11-19(10-14-6-8-17-20(14)15)12-16-5-4-13(2)23-16;3-2(4,5)1(6)7/h4-6,8,15,18H,3,7,9-12H2,1-2H3;(H,6,7). The van der Waals surface area contributed by atoms with Gasteiger partial charge in [0.2, 0.25) is 10.0 Å². The number of halogens is 3. The number of aromatic nitrogens is 2. The number of hydrogen-bond acceptors (Lipinski definition) is 6. The lowest BCUT2D eigenvalue weighted by molar-refractivity contribution is -0.192. The van der Waals surface area contributed by atoms with Gasteiger partial charge in [0.05, 0.1) is 17.5 Å². The molecule has 2 aromatic rings. The molecule has 0 saturated heterocycles. The Labute approximate surface area is 182 Å². The van der Waals surface area contributed by atoms with Crippen LogP contribution in [0, 0.1) is 6.92 Å². The largest absolute Gasteiger partial charge is 0.490 e. The predicted octanol–water partition coefficient (Wildman–Crippen LogP) is 2.77. The van der Waals surface area contributed by atoms with Crippen LogP contribution in [0.25, 0.3) is 0 Å². The average Bonchev–Trinajstić information content (AvgIpc) is 3.30. The molecule has 3 heterocycles. The maximum absolute atomic E-state index is 11.6. The lowest BCUT2D eigenvalue weighted by Crippen LogP contribution is -2.38. The van der Waals surface area contributed by atoms with Crippen molar-refractivity contribution in [3.8, 4) is 0 Å². The molecule has 1 unspecified atom stereocenters. The fourth-order valence-electron chi connectivity index (χ4n) is 3.07. The topological polar surface area (TPSA) is 105 Å². The maximum Gasteiger partial charge on any atom is 0.490 e. The summed E-state index contributed by atoms with van der Waals surface area (Å²) in [6.07, 6.45) is -2.51. The van der Waals surface area contributed by atoms with Crippen LogP contribution in [0.1, 0.15) is 34.8 Å². The fraction of sp³-hybridized carbons (Fsp3) is 0.556. The number of alkyl halides is 3. The average molecular weight is 483 g/mol. The summed E-state index contributed by atoms with van der Waals surface area (Å²) >= 11 is 1.83. The first-order valence-electron chi connectivity index (χ1n) is 9.48. The third-order valence-corrected chi connectivity index (χ3v) is 6.94. The van der Waals surface area contributed by atoms with E-state index in [-0.39, 0.29) is 11.8 Å². The Morgan fingerprint density at radius 1 is 1.35 bits per heavy atom. The van der Waals surface area contributed by atoms with Crippen molar-refractivity contribution in [2.24, 2.45) is 0 Å². The van der Waals surface area contributed by atoms with Crippen LogP contribution in [0.2, 0.25) is 0 Å². The smallest absolute Gasteiger partial charge is 0.475 e. The molecule has 0 aromatic carbocycles. The summed E-state index contributed by atoms with van der Waals surface area (Å²) in [5.74, 6) is -2.64. The van der Waals surface area contributed by atoms with Crippen LogP contribution >= 0.6 is 11.3 Å². The zero-order chi connectivity index (χ0) is 23.2. The van der Waals surface area contributed by atoms with Gasteiger partial charge in [0, 0.05) is 42.1 Å². The number of rotatable bonds is 7. The number of sulfonamides is 1. The van der Waals surface area contributed by atoms with E-state index in [2.05, 4.69) is 44.5 Å². The second-order valence-corrected chi connectivity index (χ2v) is 10.5. The lowest BCUT2D eigenvalue weighted by Gasteiger charge is -2.33. The summed E-state index contributed by atoms with van der Waals surface area (Å²) in [5, 5.41) is 11.6. The zero-order valence-corrected chi connectivity index (χ0v) is 18.7. The van der Waals surface area contributed by atoms with Crippen molar-refractivity contribution in [3.63, 3.8) is 0 Å². The number of hydrogen-bond donors (Lipinski definition) is 2. The minimum absolute atomic E-state index is 0.120. The van der Waals surface area contributed by atoms with E-state index in [0.29, 0.717) is 6.54 Å². The highest BCUT2D eigenvalue weighted by Gasteiger charge is 2.38. The molecule has 0 bridgehead atoms. The molecule has 0 saturated carbocycles. The van der Waals surface area contributed by atoms with Gasteiger partial charge in [-0.3, -0.25) is 9.58 Å². The molecule has 3 rings (SSSR count). The number of nitrogens with zero attached hydrogens (tertiary/aromatic N) is 3. The van der Waals surface area contributed by atoms with Crippen molar-refractivity contribution in [2.45, 2.75) is 45.6 Å². The Hall–Kier alpha value is -1.96. The normalized spacial score (nSPS) is 17.0. The number of fused-ring (bicyclic) bond motifs is 1. The minimum atomic E-state index is -5.08. The molecule has 1 atom stereocenters. The van der Waals surface area contributed by atoms with Crippen molar-refractivity contribution in [1.29, 1.82) is 0 Å². The summed E-state index contributed by atoms with van der Waals surface area (Å²) in [6.45, 7) is 6.93. The molecule has 0 spiro atoms. The Bertz CT molecular complexity index is 973. The molecule has 1 aliphatic heterocycles. The molecule has 2 N–H and O–H groups in total. The molecular weight excluding hydrogens is 457 g/mol. The van der Waals surface area contributed by atoms with E-state index in [0.717, 1.165) is 26.1 Å². The molecule has 0 radical (unpaired) electrons. The highest BCUT2D eigenvalue weighted by molar-refractivity contribution is 7.89. The van der Waals surface area contributed by atoms with Crippen molar-refractivity contribution in [1.82, 2.24) is 19.4 Å². The monoisotopic (exact) mass is 482 g/mol. The number of nitrogens with one attached hydrogen (secondary N) is 1. The van der Waals surface area contributed by atoms with Gasteiger partial charge in [-0.2, -0.15) is 18.3 Å². The second kappa shape index (κ2) is 10.6. The second-order valence-electron chi connectivity index (χ2n) is 6.99. The van der Waals surface area contributed by atoms with Gasteiger partial charge in [-0.25, -0.2) is 17.9 Å². The summed E-state index contributed by atoms with van der Waals surface area (Å²) in [6, 6.07) is 6.60. The van der Waals surface area contributed by atoms with Crippen molar-refractivity contribution in [2.75, 3.05) is 18.8 Å². The van der Waals surface area contributed by atoms with Crippen molar-refractivity contribution in [3.05, 3.63) is 39.8 Å². The Kier molecular flexibility index (Phi) is 8.63. The molecule has 174 valence electrons. The molecule has 2 aromatic heterocycles. The molecule has 0 fully saturated rings. The predicted molar refractivity (Wildman–Crippen MR) is 110 cm³/mol. The van der Waals surface area contributed by atoms with E-state index in [9.17, 15) is 21.6 Å². The third-order valence-electron chi connectivity index (χ3n) is 4.55. The summed E-state index contributed by atoms with van der Waals surface area (Å²) < 4.78 is 59.7. The van der Waals surface area contributed by atoms with Gasteiger partial charge in [-0.15, -0.1) is 11.3 Å². The third kappa shape index (κ3) is 7.91. The maximum atomic E-state index is 11.6. The Morgan fingerprint density at radius 3 is 2.58 bits per heavy atom. The van der Waals surface area contributed by atoms with E-state index >= 15 is 0 Å². The van der Waals surface area contributed by atoms with Crippen molar-refractivity contribution >= 4 is 27.3 Å². The van der Waals surface area contributed by atoms with Gasteiger partial charge < -0.3 is 5.11 Å². The first kappa shape index (κ1) is 25.3. The molecule has 0 amide bonds. The van der Waals surface area contributed by atoms with E-state index < -0.39 is 22.2 Å². The molecule has 1 aliphatic rings. The van der Waals surface area contributed by atoms with Gasteiger partial charge in [0.1, 0.15) is 0 Å². The van der Waals surface area contributed by atoms with Gasteiger partial charge in [-0.05, 0) is 38.5 Å². The van der Waals surface area contributed by atoms with Gasteiger partial charge in [-0.1, -0.05) is 0 Å². The SMILES string of the molecule is CCS(=O)(=O)NCCC1CN(Cc2ccc(C)s2)Cc2ccnn21.O=C(O)C(F)(F)F. The number of aliphatic carboxylic acids is 1. The molecule has 31 heavy (non-hydrogen) atoms. The van der Waals surface area contributed by atoms with E-state index in [4.69, 9.17) is 9.90 Å². The summed E-state index contributed by atoms with van der Waals surface area (Å²) in [4.78, 5) is 14.0. The van der Waals surface area contributed by atoms with Crippen molar-refractivity contribution < 1.29 is 31.5 Å². The number of thiophene rings is 1. The lowest BCUT2D eigenvalue weighted by atomic mass is 10.1. The van der Waals surface area contributed by atoms with E-state index in [1.54, 1.807) is 6.92 Å².